The van der Waals surface area contributed by atoms with Gasteiger partial charge >= 0.3 is 0 Å². The van der Waals surface area contributed by atoms with Gasteiger partial charge in [0, 0.05) is 28.5 Å². The summed E-state index contributed by atoms with van der Waals surface area (Å²) in [5.41, 5.74) is 10.7. The molecule has 0 aliphatic carbocycles. The Balaban J connectivity index is 2.01. The Hall–Kier alpha value is -2.06. The molecule has 2 saturated heterocycles. The number of aliphatic hydroxyl groups is 2. The van der Waals surface area contributed by atoms with Crippen LogP contribution >= 0.6 is 31.9 Å². The standard InChI is InChI=1S/C25H35Br2N5O6/c1-13(33)19(28)23(37)31-7-3-5-18(31)22(36)32-8-4-6-25(32,12-15-9-16(26)11-17(27)10-15)24(38)30-20(14(2)34)21(29)35/h9-11,13-14,18-20,33-34H,3-8,12,28H2,1-2H3,(H2,29,35)(H,30,38)/t13-,14-,18+,19+,20?,25+/m1/s1. The molecular weight excluding hydrogens is 626 g/mol. The van der Waals surface area contributed by atoms with Gasteiger partial charge in [-0.15, -0.1) is 0 Å². The van der Waals surface area contributed by atoms with Crippen molar-refractivity contribution in [2.45, 2.75) is 81.8 Å². The van der Waals surface area contributed by atoms with Gasteiger partial charge in [0.15, 0.2) is 0 Å². The minimum Gasteiger partial charge on any atom is -0.391 e. The number of hydrogen-bond acceptors (Lipinski definition) is 7. The summed E-state index contributed by atoms with van der Waals surface area (Å²) in [5, 5.41) is 22.5. The van der Waals surface area contributed by atoms with E-state index in [4.69, 9.17) is 11.5 Å². The molecular formula is C25H35Br2N5O6. The van der Waals surface area contributed by atoms with Gasteiger partial charge < -0.3 is 36.8 Å². The predicted octanol–water partition coefficient (Wildman–Crippen LogP) is 0.165. The molecule has 38 heavy (non-hydrogen) atoms. The molecule has 2 fully saturated rings. The number of rotatable bonds is 9. The molecule has 2 aliphatic heterocycles. The molecule has 4 amide bonds. The summed E-state index contributed by atoms with van der Waals surface area (Å²) in [6.07, 6.45) is -0.425. The fraction of sp³-hybridized carbons (Fsp3) is 0.600. The summed E-state index contributed by atoms with van der Waals surface area (Å²) in [5.74, 6) is -2.43. The topological polar surface area (TPSA) is 179 Å². The molecule has 2 heterocycles. The van der Waals surface area contributed by atoms with Crippen LogP contribution in [-0.4, -0.2) is 92.6 Å². The van der Waals surface area contributed by atoms with Crippen molar-refractivity contribution >= 4 is 55.5 Å². The number of likely N-dealkylation sites (tertiary alicyclic amines) is 2. The summed E-state index contributed by atoms with van der Waals surface area (Å²) < 4.78 is 1.54. The van der Waals surface area contributed by atoms with E-state index in [0.717, 1.165) is 14.5 Å². The van der Waals surface area contributed by atoms with Crippen molar-refractivity contribution in [1.29, 1.82) is 0 Å². The van der Waals surface area contributed by atoms with E-state index >= 15 is 0 Å². The lowest BCUT2D eigenvalue weighted by Gasteiger charge is -2.41. The quantitative estimate of drug-likeness (QED) is 0.250. The number of amides is 4. The Labute approximate surface area is 238 Å². The minimum absolute atomic E-state index is 0.127. The summed E-state index contributed by atoms with van der Waals surface area (Å²) in [7, 11) is 0. The number of nitrogens with one attached hydrogen (secondary N) is 1. The van der Waals surface area contributed by atoms with Gasteiger partial charge in [0.25, 0.3) is 0 Å². The zero-order valence-electron chi connectivity index (χ0n) is 21.4. The molecule has 1 aromatic rings. The second-order valence-corrected chi connectivity index (χ2v) is 12.0. The lowest BCUT2D eigenvalue weighted by molar-refractivity contribution is -0.152. The van der Waals surface area contributed by atoms with Crippen LogP contribution < -0.4 is 16.8 Å². The number of carbonyl (C=O) groups is 4. The zero-order valence-corrected chi connectivity index (χ0v) is 24.6. The fourth-order valence-corrected chi connectivity index (χ4v) is 6.71. The molecule has 7 N–H and O–H groups in total. The highest BCUT2D eigenvalue weighted by atomic mass is 79.9. The number of carbonyl (C=O) groups excluding carboxylic acids is 4. The van der Waals surface area contributed by atoms with E-state index in [1.807, 2.05) is 18.2 Å². The Morgan fingerprint density at radius 2 is 1.71 bits per heavy atom. The Morgan fingerprint density at radius 1 is 1.08 bits per heavy atom. The smallest absolute Gasteiger partial charge is 0.247 e. The van der Waals surface area contributed by atoms with Gasteiger partial charge in [-0.05, 0) is 63.3 Å². The largest absolute Gasteiger partial charge is 0.391 e. The van der Waals surface area contributed by atoms with Crippen LogP contribution in [0.5, 0.6) is 0 Å². The van der Waals surface area contributed by atoms with E-state index in [1.165, 1.54) is 23.6 Å². The fourth-order valence-electron chi connectivity index (χ4n) is 5.32. The maximum absolute atomic E-state index is 14.0. The molecule has 0 aromatic heterocycles. The minimum atomic E-state index is -1.40. The summed E-state index contributed by atoms with van der Waals surface area (Å²) in [4.78, 5) is 55.8. The van der Waals surface area contributed by atoms with Crippen molar-refractivity contribution in [3.05, 3.63) is 32.7 Å². The van der Waals surface area contributed by atoms with E-state index in [0.29, 0.717) is 32.2 Å². The lowest BCUT2D eigenvalue weighted by Crippen LogP contribution is -2.65. The third-order valence-corrected chi connectivity index (χ3v) is 8.21. The van der Waals surface area contributed by atoms with E-state index in [1.54, 1.807) is 0 Å². The van der Waals surface area contributed by atoms with Crippen molar-refractivity contribution in [3.8, 4) is 0 Å². The Morgan fingerprint density at radius 3 is 2.26 bits per heavy atom. The van der Waals surface area contributed by atoms with Crippen LogP contribution in [0.25, 0.3) is 0 Å². The zero-order chi connectivity index (χ0) is 28.4. The van der Waals surface area contributed by atoms with Crippen molar-refractivity contribution in [1.82, 2.24) is 15.1 Å². The molecule has 0 saturated carbocycles. The van der Waals surface area contributed by atoms with E-state index in [9.17, 15) is 29.4 Å². The summed E-state index contributed by atoms with van der Waals surface area (Å²) in [6, 6.07) is 2.17. The highest BCUT2D eigenvalue weighted by Gasteiger charge is 2.53. The van der Waals surface area contributed by atoms with Crippen molar-refractivity contribution in [2.24, 2.45) is 11.5 Å². The van der Waals surface area contributed by atoms with Gasteiger partial charge in [-0.25, -0.2) is 0 Å². The van der Waals surface area contributed by atoms with E-state index < -0.39 is 59.5 Å². The van der Waals surface area contributed by atoms with Gasteiger partial charge in [0.05, 0.1) is 12.2 Å². The maximum atomic E-state index is 14.0. The maximum Gasteiger partial charge on any atom is 0.247 e. The average molecular weight is 661 g/mol. The second kappa shape index (κ2) is 12.4. The highest BCUT2D eigenvalue weighted by molar-refractivity contribution is 9.11. The third kappa shape index (κ3) is 6.39. The molecule has 0 spiro atoms. The van der Waals surface area contributed by atoms with Gasteiger partial charge in [0.1, 0.15) is 23.7 Å². The third-order valence-electron chi connectivity index (χ3n) is 7.30. The summed E-state index contributed by atoms with van der Waals surface area (Å²) in [6.45, 7) is 3.34. The van der Waals surface area contributed by atoms with E-state index in [2.05, 4.69) is 37.2 Å². The molecule has 0 radical (unpaired) electrons. The van der Waals surface area contributed by atoms with Crippen LogP contribution in [0.4, 0.5) is 0 Å². The Kier molecular flexibility index (Phi) is 9.96. The van der Waals surface area contributed by atoms with Crippen LogP contribution in [0.15, 0.2) is 27.1 Å². The molecule has 2 aliphatic rings. The molecule has 1 unspecified atom stereocenters. The first-order chi connectivity index (χ1) is 17.8. The molecule has 210 valence electrons. The Bertz CT molecular complexity index is 1070. The number of aliphatic hydroxyl groups excluding tert-OH is 2. The number of nitrogens with two attached hydrogens (primary N) is 2. The number of benzene rings is 1. The molecule has 13 heteroatoms. The van der Waals surface area contributed by atoms with Crippen molar-refractivity contribution in [3.63, 3.8) is 0 Å². The monoisotopic (exact) mass is 659 g/mol. The molecule has 11 nitrogen and oxygen atoms in total. The highest BCUT2D eigenvalue weighted by Crippen LogP contribution is 2.37. The first-order valence-electron chi connectivity index (χ1n) is 12.6. The predicted molar refractivity (Wildman–Crippen MR) is 146 cm³/mol. The molecule has 1 aromatic carbocycles. The van der Waals surface area contributed by atoms with Crippen LogP contribution in [0, 0.1) is 0 Å². The average Bonchev–Trinajstić information content (AvgIpc) is 3.48. The first kappa shape index (κ1) is 30.5. The van der Waals surface area contributed by atoms with Crippen molar-refractivity contribution in [2.75, 3.05) is 13.1 Å². The van der Waals surface area contributed by atoms with Crippen LogP contribution in [0.1, 0.15) is 45.1 Å². The van der Waals surface area contributed by atoms with Crippen LogP contribution in [0.3, 0.4) is 0 Å². The van der Waals surface area contributed by atoms with Gasteiger partial charge in [-0.2, -0.15) is 0 Å². The molecule has 6 atom stereocenters. The lowest BCUT2D eigenvalue weighted by atomic mass is 9.86. The number of halogens is 2. The van der Waals surface area contributed by atoms with Gasteiger partial charge in [0.2, 0.25) is 23.6 Å². The van der Waals surface area contributed by atoms with Gasteiger partial charge in [-0.1, -0.05) is 31.9 Å². The molecule has 3 rings (SSSR count). The van der Waals surface area contributed by atoms with Crippen molar-refractivity contribution < 1.29 is 29.4 Å². The molecule has 0 bridgehead atoms. The van der Waals surface area contributed by atoms with E-state index in [-0.39, 0.29) is 13.0 Å². The SMILES string of the molecule is C[C@@H](O)C(NC(=O)[C@@]1(Cc2cc(Br)cc(Br)c2)CCCN1C(=O)[C@@H]1CCCN1C(=O)[C@@H](N)[C@@H](C)O)C(N)=O. The van der Waals surface area contributed by atoms with Gasteiger partial charge in [-0.3, -0.25) is 19.2 Å². The van der Waals surface area contributed by atoms with Crippen LogP contribution in [0.2, 0.25) is 0 Å². The van der Waals surface area contributed by atoms with Crippen LogP contribution in [-0.2, 0) is 25.6 Å². The number of hydrogen-bond donors (Lipinski definition) is 5. The first-order valence-corrected chi connectivity index (χ1v) is 14.2. The number of nitrogens with zero attached hydrogens (tertiary/aromatic N) is 2. The summed E-state index contributed by atoms with van der Waals surface area (Å²) >= 11 is 6.92. The normalized spacial score (nSPS) is 24.6. The second-order valence-electron chi connectivity index (χ2n) is 10.1. The number of primary amides is 1.